The summed E-state index contributed by atoms with van der Waals surface area (Å²) < 4.78 is 5.25. The minimum Gasteiger partial charge on any atom is -0.496 e. The molecule has 1 aromatic rings. The van der Waals surface area contributed by atoms with Crippen LogP contribution < -0.4 is 10.5 Å². The Morgan fingerprint density at radius 3 is 2.42 bits per heavy atom. The molecular weight excluding hydrogens is 244 g/mol. The van der Waals surface area contributed by atoms with E-state index in [0.717, 1.165) is 22.4 Å². The van der Waals surface area contributed by atoms with E-state index in [9.17, 15) is 9.59 Å². The summed E-state index contributed by atoms with van der Waals surface area (Å²) in [6, 6.07) is 3.89. The van der Waals surface area contributed by atoms with E-state index < -0.39 is 11.8 Å². The van der Waals surface area contributed by atoms with Gasteiger partial charge in [-0.05, 0) is 43.0 Å². The fourth-order valence-electron chi connectivity index (χ4n) is 1.92. The maximum absolute atomic E-state index is 11.3. The molecule has 0 aliphatic rings. The van der Waals surface area contributed by atoms with Gasteiger partial charge in [0.05, 0.1) is 7.11 Å². The maximum atomic E-state index is 11.3. The Balaban J connectivity index is 2.76. The highest BCUT2D eigenvalue weighted by atomic mass is 16.5. The van der Waals surface area contributed by atoms with E-state index >= 15 is 0 Å². The first-order valence-electron chi connectivity index (χ1n) is 6.06. The molecule has 0 unspecified atom stereocenters. The molecule has 19 heavy (non-hydrogen) atoms. The standard InChI is InChI=1S/C14H20N2O3/c1-9-10(2)12(19-4)6-5-11(9)7-8-16(3)14(18)13(15)17/h5-6H,7-8H2,1-4H3,(H2,15,17). The molecule has 1 rings (SSSR count). The zero-order valence-corrected chi connectivity index (χ0v) is 11.8. The minimum absolute atomic E-state index is 0.453. The van der Waals surface area contributed by atoms with Gasteiger partial charge >= 0.3 is 11.8 Å². The molecule has 0 saturated heterocycles. The van der Waals surface area contributed by atoms with E-state index in [2.05, 4.69) is 0 Å². The highest BCUT2D eigenvalue weighted by Gasteiger charge is 2.15. The van der Waals surface area contributed by atoms with Crippen LogP contribution in [-0.4, -0.2) is 37.4 Å². The molecule has 0 saturated carbocycles. The third-order valence-corrected chi connectivity index (χ3v) is 3.34. The van der Waals surface area contributed by atoms with Crippen LogP contribution in [0.15, 0.2) is 12.1 Å². The molecule has 0 bridgehead atoms. The van der Waals surface area contributed by atoms with Crippen molar-refractivity contribution in [3.05, 3.63) is 28.8 Å². The summed E-state index contributed by atoms with van der Waals surface area (Å²) in [4.78, 5) is 23.5. The molecule has 1 aromatic carbocycles. The number of methoxy groups -OCH3 is 1. The van der Waals surface area contributed by atoms with Crippen LogP contribution in [0.5, 0.6) is 5.75 Å². The molecule has 0 atom stereocenters. The second-order valence-electron chi connectivity index (χ2n) is 4.52. The second-order valence-corrected chi connectivity index (χ2v) is 4.52. The Morgan fingerprint density at radius 1 is 1.26 bits per heavy atom. The molecule has 0 fully saturated rings. The summed E-state index contributed by atoms with van der Waals surface area (Å²) in [6.45, 7) is 4.47. The SMILES string of the molecule is COc1ccc(CCN(C)C(=O)C(N)=O)c(C)c1C. The van der Waals surface area contributed by atoms with E-state index in [4.69, 9.17) is 10.5 Å². The Hall–Kier alpha value is -2.04. The lowest BCUT2D eigenvalue weighted by atomic mass is 10.00. The molecule has 0 radical (unpaired) electrons. The van der Waals surface area contributed by atoms with Crippen molar-refractivity contribution in [2.24, 2.45) is 5.73 Å². The summed E-state index contributed by atoms with van der Waals surface area (Å²) >= 11 is 0. The van der Waals surface area contributed by atoms with Gasteiger partial charge < -0.3 is 15.4 Å². The van der Waals surface area contributed by atoms with Crippen molar-refractivity contribution in [2.45, 2.75) is 20.3 Å². The molecule has 2 N–H and O–H groups in total. The lowest BCUT2D eigenvalue weighted by Crippen LogP contribution is -2.38. The van der Waals surface area contributed by atoms with Crippen LogP contribution in [0.3, 0.4) is 0 Å². The van der Waals surface area contributed by atoms with Gasteiger partial charge in [0.1, 0.15) is 5.75 Å². The normalized spacial score (nSPS) is 10.1. The Bertz CT molecular complexity index is 498. The molecule has 104 valence electrons. The molecule has 2 amide bonds. The van der Waals surface area contributed by atoms with Crippen molar-refractivity contribution in [3.63, 3.8) is 0 Å². The lowest BCUT2D eigenvalue weighted by Gasteiger charge is -2.17. The molecule has 5 nitrogen and oxygen atoms in total. The highest BCUT2D eigenvalue weighted by Crippen LogP contribution is 2.24. The van der Waals surface area contributed by atoms with Crippen LogP contribution in [-0.2, 0) is 16.0 Å². The Kier molecular flexibility index (Phi) is 4.92. The van der Waals surface area contributed by atoms with Gasteiger partial charge in [0.15, 0.2) is 0 Å². The number of likely N-dealkylation sites (N-methyl/N-ethyl adjacent to an activating group) is 1. The van der Waals surface area contributed by atoms with E-state index in [-0.39, 0.29) is 0 Å². The monoisotopic (exact) mass is 264 g/mol. The summed E-state index contributed by atoms with van der Waals surface area (Å²) in [5, 5.41) is 0. The van der Waals surface area contributed by atoms with Gasteiger partial charge in [-0.1, -0.05) is 6.07 Å². The van der Waals surface area contributed by atoms with Gasteiger partial charge in [-0.15, -0.1) is 0 Å². The fraction of sp³-hybridized carbons (Fsp3) is 0.429. The zero-order chi connectivity index (χ0) is 14.6. The third kappa shape index (κ3) is 3.47. The average Bonchev–Trinajstić information content (AvgIpc) is 2.39. The molecule has 0 aliphatic heterocycles. The Labute approximate surface area is 113 Å². The molecule has 0 heterocycles. The van der Waals surface area contributed by atoms with Crippen molar-refractivity contribution in [2.75, 3.05) is 20.7 Å². The van der Waals surface area contributed by atoms with Crippen LogP contribution in [0.1, 0.15) is 16.7 Å². The maximum Gasteiger partial charge on any atom is 0.311 e. The van der Waals surface area contributed by atoms with Crippen molar-refractivity contribution < 1.29 is 14.3 Å². The number of carbonyl (C=O) groups is 2. The number of nitrogens with zero attached hydrogens (tertiary/aromatic N) is 1. The van der Waals surface area contributed by atoms with Gasteiger partial charge in [0.2, 0.25) is 0 Å². The topological polar surface area (TPSA) is 72.6 Å². The number of primary amides is 1. The van der Waals surface area contributed by atoms with E-state index in [1.807, 2.05) is 26.0 Å². The smallest absolute Gasteiger partial charge is 0.311 e. The van der Waals surface area contributed by atoms with E-state index in [1.165, 1.54) is 4.90 Å². The van der Waals surface area contributed by atoms with Crippen molar-refractivity contribution in [3.8, 4) is 5.75 Å². The van der Waals surface area contributed by atoms with Crippen LogP contribution in [0.4, 0.5) is 0 Å². The second kappa shape index (κ2) is 6.22. The van der Waals surface area contributed by atoms with Gasteiger partial charge in [-0.25, -0.2) is 0 Å². The van der Waals surface area contributed by atoms with E-state index in [0.29, 0.717) is 13.0 Å². The largest absolute Gasteiger partial charge is 0.496 e. The number of ether oxygens (including phenoxy) is 1. The van der Waals surface area contributed by atoms with Gasteiger partial charge in [-0.2, -0.15) is 0 Å². The zero-order valence-electron chi connectivity index (χ0n) is 11.8. The molecule has 0 spiro atoms. The number of hydrogen-bond donors (Lipinski definition) is 1. The molecular formula is C14H20N2O3. The average molecular weight is 264 g/mol. The number of rotatable bonds is 4. The van der Waals surface area contributed by atoms with Gasteiger partial charge in [0.25, 0.3) is 0 Å². The number of nitrogens with two attached hydrogens (primary N) is 1. The van der Waals surface area contributed by atoms with Crippen LogP contribution in [0.25, 0.3) is 0 Å². The number of amides is 2. The van der Waals surface area contributed by atoms with E-state index in [1.54, 1.807) is 14.2 Å². The summed E-state index contributed by atoms with van der Waals surface area (Å²) in [5.74, 6) is -0.740. The summed E-state index contributed by atoms with van der Waals surface area (Å²) in [6.07, 6.45) is 0.673. The predicted octanol–water partition coefficient (Wildman–Crippen LogP) is 0.798. The molecule has 0 aliphatic carbocycles. The summed E-state index contributed by atoms with van der Waals surface area (Å²) in [5.41, 5.74) is 8.30. The van der Waals surface area contributed by atoms with Crippen LogP contribution >= 0.6 is 0 Å². The fourth-order valence-corrected chi connectivity index (χ4v) is 1.92. The first kappa shape index (κ1) is 15.0. The summed E-state index contributed by atoms with van der Waals surface area (Å²) in [7, 11) is 3.21. The molecule has 0 aromatic heterocycles. The van der Waals surface area contributed by atoms with Gasteiger partial charge in [0, 0.05) is 13.6 Å². The number of hydrogen-bond acceptors (Lipinski definition) is 3. The number of carbonyl (C=O) groups excluding carboxylic acids is 2. The first-order valence-corrected chi connectivity index (χ1v) is 6.06. The lowest BCUT2D eigenvalue weighted by molar-refractivity contribution is -0.143. The van der Waals surface area contributed by atoms with Crippen molar-refractivity contribution in [1.82, 2.24) is 4.90 Å². The highest BCUT2D eigenvalue weighted by molar-refractivity contribution is 6.34. The first-order chi connectivity index (χ1) is 8.88. The molecule has 5 heteroatoms. The minimum atomic E-state index is -0.926. The van der Waals surface area contributed by atoms with Crippen molar-refractivity contribution >= 4 is 11.8 Å². The Morgan fingerprint density at radius 2 is 1.89 bits per heavy atom. The van der Waals surface area contributed by atoms with Crippen LogP contribution in [0, 0.1) is 13.8 Å². The third-order valence-electron chi connectivity index (χ3n) is 3.34. The number of benzene rings is 1. The van der Waals surface area contributed by atoms with Crippen LogP contribution in [0.2, 0.25) is 0 Å². The van der Waals surface area contributed by atoms with Crippen molar-refractivity contribution in [1.29, 1.82) is 0 Å². The quantitative estimate of drug-likeness (QED) is 0.817. The van der Waals surface area contributed by atoms with Gasteiger partial charge in [-0.3, -0.25) is 9.59 Å². The predicted molar refractivity (Wildman–Crippen MR) is 73.0 cm³/mol.